The molecule has 1 rings (SSSR count). The zero-order chi connectivity index (χ0) is 9.68. The van der Waals surface area contributed by atoms with Crippen molar-refractivity contribution < 1.29 is 5.11 Å². The van der Waals surface area contributed by atoms with Crippen LogP contribution in [0.5, 0.6) is 0 Å². The van der Waals surface area contributed by atoms with Gasteiger partial charge in [0.25, 0.3) is 0 Å². The van der Waals surface area contributed by atoms with Crippen molar-refractivity contribution in [3.05, 3.63) is 18.0 Å². The molecule has 0 amide bonds. The number of rotatable bonds is 5. The average Bonchev–Trinajstić information content (AvgIpc) is 2.45. The van der Waals surface area contributed by atoms with Crippen LogP contribution in [-0.4, -0.2) is 27.5 Å². The second kappa shape index (κ2) is 4.99. The molecule has 13 heavy (non-hydrogen) atoms. The molecule has 0 aromatic carbocycles. The van der Waals surface area contributed by atoms with Gasteiger partial charge < -0.3 is 10.4 Å². The van der Waals surface area contributed by atoms with Crippen LogP contribution in [0.15, 0.2) is 12.4 Å². The van der Waals surface area contributed by atoms with E-state index in [1.165, 1.54) is 5.56 Å². The number of nitrogens with zero attached hydrogens (tertiary/aromatic N) is 2. The van der Waals surface area contributed by atoms with Crippen LogP contribution >= 0.6 is 0 Å². The van der Waals surface area contributed by atoms with Gasteiger partial charge in [-0.05, 0) is 19.9 Å². The summed E-state index contributed by atoms with van der Waals surface area (Å²) in [6, 6.07) is 0. The van der Waals surface area contributed by atoms with Crippen LogP contribution in [0.25, 0.3) is 0 Å². The van der Waals surface area contributed by atoms with Crippen molar-refractivity contribution in [2.45, 2.75) is 26.0 Å². The molecule has 1 heterocycles. The highest BCUT2D eigenvalue weighted by Gasteiger charge is 1.97. The molecule has 4 heteroatoms. The van der Waals surface area contributed by atoms with E-state index in [0.717, 1.165) is 19.5 Å². The van der Waals surface area contributed by atoms with Crippen LogP contribution in [0.1, 0.15) is 18.9 Å². The SMILES string of the molecule is C[C@H](O)CCNCc1cnn(C)c1. The number of nitrogens with one attached hydrogen (secondary N) is 1. The molecule has 0 radical (unpaired) electrons. The van der Waals surface area contributed by atoms with Crippen molar-refractivity contribution >= 4 is 0 Å². The van der Waals surface area contributed by atoms with Gasteiger partial charge in [0, 0.05) is 25.4 Å². The largest absolute Gasteiger partial charge is 0.393 e. The first-order chi connectivity index (χ1) is 6.18. The van der Waals surface area contributed by atoms with Crippen molar-refractivity contribution in [3.8, 4) is 0 Å². The molecule has 0 unspecified atom stereocenters. The Kier molecular flexibility index (Phi) is 3.92. The smallest absolute Gasteiger partial charge is 0.0534 e. The molecule has 1 aromatic rings. The highest BCUT2D eigenvalue weighted by Crippen LogP contribution is 1.95. The maximum atomic E-state index is 9.00. The second-order valence-corrected chi connectivity index (χ2v) is 3.34. The van der Waals surface area contributed by atoms with Gasteiger partial charge in [-0.2, -0.15) is 5.10 Å². The summed E-state index contributed by atoms with van der Waals surface area (Å²) in [4.78, 5) is 0. The lowest BCUT2D eigenvalue weighted by atomic mass is 10.3. The first kappa shape index (κ1) is 10.2. The predicted octanol–water partition coefficient (Wildman–Crippen LogP) is 0.281. The summed E-state index contributed by atoms with van der Waals surface area (Å²) in [6.45, 7) is 3.46. The number of aromatic nitrogens is 2. The first-order valence-corrected chi connectivity index (χ1v) is 4.55. The third kappa shape index (κ3) is 4.05. The molecular formula is C9H17N3O. The van der Waals surface area contributed by atoms with E-state index < -0.39 is 0 Å². The van der Waals surface area contributed by atoms with Gasteiger partial charge >= 0.3 is 0 Å². The summed E-state index contributed by atoms with van der Waals surface area (Å²) in [6.07, 6.45) is 4.40. The predicted molar refractivity (Wildman–Crippen MR) is 51.2 cm³/mol. The number of aliphatic hydroxyl groups is 1. The minimum atomic E-state index is -0.221. The van der Waals surface area contributed by atoms with Crippen LogP contribution in [0.2, 0.25) is 0 Å². The van der Waals surface area contributed by atoms with Crippen molar-refractivity contribution in [2.24, 2.45) is 7.05 Å². The molecular weight excluding hydrogens is 166 g/mol. The Morgan fingerprint density at radius 1 is 1.69 bits per heavy atom. The minimum Gasteiger partial charge on any atom is -0.393 e. The molecule has 1 atom stereocenters. The Morgan fingerprint density at radius 2 is 2.46 bits per heavy atom. The highest BCUT2D eigenvalue weighted by molar-refractivity contribution is 5.02. The second-order valence-electron chi connectivity index (χ2n) is 3.34. The topological polar surface area (TPSA) is 50.1 Å². The lowest BCUT2D eigenvalue weighted by molar-refractivity contribution is 0.183. The van der Waals surface area contributed by atoms with Crippen LogP contribution < -0.4 is 5.32 Å². The number of aryl methyl sites for hydroxylation is 1. The molecule has 0 aliphatic rings. The zero-order valence-electron chi connectivity index (χ0n) is 8.20. The summed E-state index contributed by atoms with van der Waals surface area (Å²) in [5.74, 6) is 0. The van der Waals surface area contributed by atoms with E-state index in [2.05, 4.69) is 10.4 Å². The number of hydrogen-bond acceptors (Lipinski definition) is 3. The van der Waals surface area contributed by atoms with E-state index >= 15 is 0 Å². The van der Waals surface area contributed by atoms with Crippen molar-refractivity contribution in [2.75, 3.05) is 6.54 Å². The fourth-order valence-corrected chi connectivity index (χ4v) is 1.11. The van der Waals surface area contributed by atoms with E-state index in [1.54, 1.807) is 11.6 Å². The van der Waals surface area contributed by atoms with Gasteiger partial charge in [-0.15, -0.1) is 0 Å². The van der Waals surface area contributed by atoms with E-state index in [4.69, 9.17) is 5.11 Å². The van der Waals surface area contributed by atoms with Crippen molar-refractivity contribution in [1.29, 1.82) is 0 Å². The molecule has 74 valence electrons. The molecule has 0 fully saturated rings. The summed E-state index contributed by atoms with van der Waals surface area (Å²) in [7, 11) is 1.90. The Morgan fingerprint density at radius 3 is 3.00 bits per heavy atom. The number of hydrogen-bond donors (Lipinski definition) is 2. The van der Waals surface area contributed by atoms with Crippen LogP contribution in [0.3, 0.4) is 0 Å². The molecule has 0 saturated heterocycles. The molecule has 2 N–H and O–H groups in total. The monoisotopic (exact) mass is 183 g/mol. The Labute approximate surface area is 78.6 Å². The number of aliphatic hydroxyl groups excluding tert-OH is 1. The fraction of sp³-hybridized carbons (Fsp3) is 0.667. The molecule has 0 bridgehead atoms. The summed E-state index contributed by atoms with van der Waals surface area (Å²) in [5.41, 5.74) is 1.17. The molecule has 1 aromatic heterocycles. The Bertz CT molecular complexity index is 245. The van der Waals surface area contributed by atoms with Gasteiger partial charge in [0.1, 0.15) is 0 Å². The maximum absolute atomic E-state index is 9.00. The van der Waals surface area contributed by atoms with Crippen molar-refractivity contribution in [3.63, 3.8) is 0 Å². The van der Waals surface area contributed by atoms with Gasteiger partial charge in [0.2, 0.25) is 0 Å². The Hall–Kier alpha value is -0.870. The summed E-state index contributed by atoms with van der Waals surface area (Å²) >= 11 is 0. The highest BCUT2D eigenvalue weighted by atomic mass is 16.3. The first-order valence-electron chi connectivity index (χ1n) is 4.55. The van der Waals surface area contributed by atoms with Gasteiger partial charge in [-0.25, -0.2) is 0 Å². The minimum absolute atomic E-state index is 0.221. The van der Waals surface area contributed by atoms with Crippen LogP contribution in [-0.2, 0) is 13.6 Å². The van der Waals surface area contributed by atoms with Crippen molar-refractivity contribution in [1.82, 2.24) is 15.1 Å². The Balaban J connectivity index is 2.13. The molecule has 0 spiro atoms. The van der Waals surface area contributed by atoms with Gasteiger partial charge in [-0.1, -0.05) is 0 Å². The molecule has 0 aliphatic carbocycles. The maximum Gasteiger partial charge on any atom is 0.0534 e. The third-order valence-electron chi connectivity index (χ3n) is 1.83. The summed E-state index contributed by atoms with van der Waals surface area (Å²) in [5, 5.41) is 16.3. The third-order valence-corrected chi connectivity index (χ3v) is 1.83. The fourth-order valence-electron chi connectivity index (χ4n) is 1.11. The van der Waals surface area contributed by atoms with E-state index in [9.17, 15) is 0 Å². The lowest BCUT2D eigenvalue weighted by Gasteiger charge is -2.04. The average molecular weight is 183 g/mol. The quantitative estimate of drug-likeness (QED) is 0.645. The van der Waals surface area contributed by atoms with E-state index in [0.29, 0.717) is 0 Å². The standard InChI is InChI=1S/C9H17N3O/c1-8(13)3-4-10-5-9-6-11-12(2)7-9/h6-8,10,13H,3-5H2,1-2H3/t8-/m0/s1. The van der Waals surface area contributed by atoms with Crippen LogP contribution in [0, 0.1) is 0 Å². The normalized spacial score (nSPS) is 13.2. The molecule has 4 nitrogen and oxygen atoms in total. The van der Waals surface area contributed by atoms with Gasteiger partial charge in [0.05, 0.1) is 12.3 Å². The molecule has 0 saturated carbocycles. The summed E-state index contributed by atoms with van der Waals surface area (Å²) < 4.78 is 1.78. The van der Waals surface area contributed by atoms with Crippen LogP contribution in [0.4, 0.5) is 0 Å². The van der Waals surface area contributed by atoms with Gasteiger partial charge in [0.15, 0.2) is 0 Å². The lowest BCUT2D eigenvalue weighted by Crippen LogP contribution is -2.18. The zero-order valence-corrected chi connectivity index (χ0v) is 8.20. The van der Waals surface area contributed by atoms with E-state index in [1.807, 2.05) is 19.4 Å². The van der Waals surface area contributed by atoms with Gasteiger partial charge in [-0.3, -0.25) is 4.68 Å². The molecule has 0 aliphatic heterocycles. The van der Waals surface area contributed by atoms with E-state index in [-0.39, 0.29) is 6.10 Å².